The van der Waals surface area contributed by atoms with E-state index in [1.807, 2.05) is 25.1 Å². The predicted molar refractivity (Wildman–Crippen MR) is 96.6 cm³/mol. The second-order valence-electron chi connectivity index (χ2n) is 5.52. The van der Waals surface area contributed by atoms with Crippen LogP contribution in [0.4, 0.5) is 5.69 Å². The molecule has 0 aliphatic carbocycles. The molecule has 25 heavy (non-hydrogen) atoms. The number of aromatic amines is 1. The lowest BCUT2D eigenvalue weighted by atomic mass is 10.1. The molecule has 0 bridgehead atoms. The molecule has 124 valence electrons. The lowest BCUT2D eigenvalue weighted by molar-refractivity contribution is 0.478. The number of aryl methyl sites for hydroxylation is 1. The van der Waals surface area contributed by atoms with Gasteiger partial charge in [-0.25, -0.2) is 9.94 Å². The van der Waals surface area contributed by atoms with Crippen LogP contribution in [0, 0.1) is 13.5 Å². The van der Waals surface area contributed by atoms with Crippen molar-refractivity contribution in [2.75, 3.05) is 0 Å². The number of nitrogens with one attached hydrogen (secondary N) is 1. The molecule has 1 heterocycles. The third kappa shape index (κ3) is 4.06. The summed E-state index contributed by atoms with van der Waals surface area (Å²) in [4.78, 5) is 14.4. The van der Waals surface area contributed by atoms with Crippen LogP contribution in [0.5, 0.6) is 11.5 Å². The third-order valence-corrected chi connectivity index (χ3v) is 3.94. The van der Waals surface area contributed by atoms with E-state index in [0.717, 1.165) is 16.8 Å². The number of aromatic nitrogens is 2. The van der Waals surface area contributed by atoms with Crippen LogP contribution < -0.4 is 10.3 Å². The van der Waals surface area contributed by atoms with Gasteiger partial charge in [0.2, 0.25) is 5.69 Å². The van der Waals surface area contributed by atoms with E-state index in [4.69, 9.17) is 22.9 Å². The fourth-order valence-corrected chi connectivity index (χ4v) is 2.53. The Morgan fingerprint density at radius 3 is 2.72 bits per heavy atom. The number of benzene rings is 2. The van der Waals surface area contributed by atoms with Crippen molar-refractivity contribution in [2.24, 2.45) is 0 Å². The van der Waals surface area contributed by atoms with Crippen molar-refractivity contribution in [2.45, 2.75) is 13.3 Å². The summed E-state index contributed by atoms with van der Waals surface area (Å²) >= 11 is 6.06. The minimum Gasteiger partial charge on any atom is -0.457 e. The lowest BCUT2D eigenvalue weighted by Gasteiger charge is -2.11. The standard InChI is InChI=1S/C19H14ClN3O2/c1-12-3-4-13(9-14-5-8-19(24)23-22-14)10-18(12)25-15-6-7-17(21-2)16(20)11-15/h3-8,10-11H,9H2,1H3,(H,23,24). The van der Waals surface area contributed by atoms with Crippen LogP contribution in [0.1, 0.15) is 16.8 Å². The summed E-state index contributed by atoms with van der Waals surface area (Å²) in [5.41, 5.74) is 2.91. The number of halogens is 1. The molecule has 2 aromatic carbocycles. The Morgan fingerprint density at radius 2 is 2.04 bits per heavy atom. The lowest BCUT2D eigenvalue weighted by Crippen LogP contribution is -2.07. The van der Waals surface area contributed by atoms with Crippen LogP contribution in [0.3, 0.4) is 0 Å². The first-order chi connectivity index (χ1) is 12.0. The second kappa shape index (κ2) is 7.20. The Labute approximate surface area is 149 Å². The zero-order chi connectivity index (χ0) is 17.8. The van der Waals surface area contributed by atoms with Crippen LogP contribution in [-0.2, 0) is 6.42 Å². The average Bonchev–Trinajstić information content (AvgIpc) is 2.60. The highest BCUT2D eigenvalue weighted by molar-refractivity contribution is 6.33. The Hall–Kier alpha value is -3.10. The van der Waals surface area contributed by atoms with Crippen molar-refractivity contribution in [3.8, 4) is 11.5 Å². The highest BCUT2D eigenvalue weighted by Crippen LogP contribution is 2.33. The topological polar surface area (TPSA) is 59.3 Å². The van der Waals surface area contributed by atoms with Crippen LogP contribution in [0.2, 0.25) is 5.02 Å². The SMILES string of the molecule is [C-]#[N+]c1ccc(Oc2cc(Cc3ccc(=O)[nH]n3)ccc2C)cc1Cl. The maximum Gasteiger partial charge on any atom is 0.264 e. The maximum absolute atomic E-state index is 11.1. The fourth-order valence-electron chi connectivity index (χ4n) is 2.31. The monoisotopic (exact) mass is 351 g/mol. The fraction of sp³-hybridized carbons (Fsp3) is 0.105. The summed E-state index contributed by atoms with van der Waals surface area (Å²) in [7, 11) is 0. The highest BCUT2D eigenvalue weighted by atomic mass is 35.5. The summed E-state index contributed by atoms with van der Waals surface area (Å²) in [5.74, 6) is 1.27. The molecule has 6 heteroatoms. The van der Waals surface area contributed by atoms with E-state index < -0.39 is 0 Å². The maximum atomic E-state index is 11.1. The van der Waals surface area contributed by atoms with Crippen LogP contribution in [-0.4, -0.2) is 10.2 Å². The van der Waals surface area contributed by atoms with Gasteiger partial charge in [0.05, 0.1) is 17.3 Å². The molecule has 0 aliphatic heterocycles. The number of H-pyrrole nitrogens is 1. The molecule has 0 spiro atoms. The number of nitrogens with zero attached hydrogens (tertiary/aromatic N) is 2. The summed E-state index contributed by atoms with van der Waals surface area (Å²) in [5, 5.41) is 6.80. The number of ether oxygens (including phenoxy) is 1. The van der Waals surface area contributed by atoms with Gasteiger partial charge in [-0.2, -0.15) is 5.10 Å². The molecule has 0 amide bonds. The highest BCUT2D eigenvalue weighted by Gasteiger charge is 2.07. The number of hydrogen-bond acceptors (Lipinski definition) is 3. The molecule has 0 aliphatic rings. The summed E-state index contributed by atoms with van der Waals surface area (Å²) < 4.78 is 5.92. The van der Waals surface area contributed by atoms with Crippen LogP contribution >= 0.6 is 11.6 Å². The van der Waals surface area contributed by atoms with Crippen LogP contribution in [0.15, 0.2) is 53.3 Å². The van der Waals surface area contributed by atoms with Crippen molar-refractivity contribution >= 4 is 17.3 Å². The smallest absolute Gasteiger partial charge is 0.264 e. The molecule has 0 fully saturated rings. The Balaban J connectivity index is 1.84. The van der Waals surface area contributed by atoms with Gasteiger partial charge in [-0.15, -0.1) is 0 Å². The second-order valence-corrected chi connectivity index (χ2v) is 5.92. The molecule has 0 radical (unpaired) electrons. The van der Waals surface area contributed by atoms with Gasteiger partial charge in [0.15, 0.2) is 0 Å². The van der Waals surface area contributed by atoms with Crippen molar-refractivity contribution in [1.29, 1.82) is 0 Å². The predicted octanol–water partition coefficient (Wildman–Crippen LogP) is 4.67. The van der Waals surface area contributed by atoms with E-state index in [1.165, 1.54) is 6.07 Å². The molecule has 1 aromatic heterocycles. The Kier molecular flexibility index (Phi) is 4.82. The van der Waals surface area contributed by atoms with Crippen molar-refractivity contribution in [3.63, 3.8) is 0 Å². The molecule has 5 nitrogen and oxygen atoms in total. The summed E-state index contributed by atoms with van der Waals surface area (Å²) in [6, 6.07) is 14.0. The van der Waals surface area contributed by atoms with E-state index >= 15 is 0 Å². The average molecular weight is 352 g/mol. The normalized spacial score (nSPS) is 10.3. The van der Waals surface area contributed by atoms with Crippen LogP contribution in [0.25, 0.3) is 4.85 Å². The summed E-state index contributed by atoms with van der Waals surface area (Å²) in [6.45, 7) is 8.98. The third-order valence-electron chi connectivity index (χ3n) is 3.64. The molecule has 0 saturated heterocycles. The largest absolute Gasteiger partial charge is 0.457 e. The zero-order valence-corrected chi connectivity index (χ0v) is 14.2. The molecule has 3 rings (SSSR count). The van der Waals surface area contributed by atoms with Gasteiger partial charge in [-0.05, 0) is 42.3 Å². The molecule has 3 aromatic rings. The number of rotatable bonds is 4. The quantitative estimate of drug-likeness (QED) is 0.695. The van der Waals surface area contributed by atoms with Crippen molar-refractivity contribution in [3.05, 3.63) is 92.1 Å². The molecular weight excluding hydrogens is 338 g/mol. The first kappa shape index (κ1) is 16.7. The van der Waals surface area contributed by atoms with E-state index in [1.54, 1.807) is 24.3 Å². The van der Waals surface area contributed by atoms with E-state index in [2.05, 4.69) is 15.0 Å². The number of hydrogen-bond donors (Lipinski definition) is 1. The molecular formula is C19H14ClN3O2. The zero-order valence-electron chi connectivity index (χ0n) is 13.4. The van der Waals surface area contributed by atoms with Gasteiger partial charge in [0, 0.05) is 12.5 Å². The Morgan fingerprint density at radius 1 is 1.20 bits per heavy atom. The first-order valence-electron chi connectivity index (χ1n) is 7.54. The molecule has 0 saturated carbocycles. The van der Waals surface area contributed by atoms with Gasteiger partial charge < -0.3 is 4.74 Å². The summed E-state index contributed by atoms with van der Waals surface area (Å²) in [6.07, 6.45) is 0.574. The molecule has 0 atom stereocenters. The minimum absolute atomic E-state index is 0.226. The molecule has 1 N–H and O–H groups in total. The Bertz CT molecular complexity index is 1000. The van der Waals surface area contributed by atoms with Gasteiger partial charge in [0.25, 0.3) is 5.56 Å². The van der Waals surface area contributed by atoms with Gasteiger partial charge >= 0.3 is 0 Å². The molecule has 0 unspecified atom stereocenters. The van der Waals surface area contributed by atoms with E-state index in [0.29, 0.717) is 28.6 Å². The van der Waals surface area contributed by atoms with Crippen molar-refractivity contribution in [1.82, 2.24) is 10.2 Å². The van der Waals surface area contributed by atoms with Gasteiger partial charge in [0.1, 0.15) is 11.5 Å². The van der Waals surface area contributed by atoms with E-state index in [9.17, 15) is 4.79 Å². The van der Waals surface area contributed by atoms with E-state index in [-0.39, 0.29) is 5.56 Å². The first-order valence-corrected chi connectivity index (χ1v) is 7.92. The van der Waals surface area contributed by atoms with Gasteiger partial charge in [-0.1, -0.05) is 29.8 Å². The van der Waals surface area contributed by atoms with Crippen molar-refractivity contribution < 1.29 is 4.74 Å². The minimum atomic E-state index is -0.226. The van der Waals surface area contributed by atoms with Gasteiger partial charge in [-0.3, -0.25) is 4.79 Å².